The normalized spacial score (nSPS) is 11.5. The van der Waals surface area contributed by atoms with Gasteiger partial charge in [0.2, 0.25) is 5.91 Å². The van der Waals surface area contributed by atoms with Gasteiger partial charge in [0.05, 0.1) is 5.69 Å². The molecule has 3 rings (SSSR count). The van der Waals surface area contributed by atoms with Crippen LogP contribution in [-0.2, 0) is 4.79 Å². The summed E-state index contributed by atoms with van der Waals surface area (Å²) in [7, 11) is 0. The fourth-order valence-electron chi connectivity index (χ4n) is 3.19. The summed E-state index contributed by atoms with van der Waals surface area (Å²) in [5, 5.41) is 8.14. The summed E-state index contributed by atoms with van der Waals surface area (Å²) in [4.78, 5) is 46.7. The van der Waals surface area contributed by atoms with Crippen molar-refractivity contribution in [1.29, 1.82) is 0 Å². The van der Waals surface area contributed by atoms with Gasteiger partial charge in [-0.05, 0) is 37.5 Å². The number of nitrogens with zero attached hydrogens (tertiary/aromatic N) is 2. The Morgan fingerprint density at radius 2 is 1.66 bits per heavy atom. The average molecular weight is 473 g/mol. The summed E-state index contributed by atoms with van der Waals surface area (Å²) in [5.41, 5.74) is 3.05. The number of carbonyl (C=O) groups is 3. The molecule has 0 spiro atoms. The van der Waals surface area contributed by atoms with E-state index in [2.05, 4.69) is 25.9 Å². The van der Waals surface area contributed by atoms with Crippen molar-refractivity contribution in [2.45, 2.75) is 33.2 Å². The number of carbonyl (C=O) groups excluding carboxylic acids is 3. The minimum atomic E-state index is -1.00. The fourth-order valence-corrected chi connectivity index (χ4v) is 3.19. The molecule has 1 radical (unpaired) electrons. The van der Waals surface area contributed by atoms with Crippen LogP contribution >= 0.6 is 0 Å². The fraction of sp³-hybridized carbons (Fsp3) is 0.259. The number of nitrogens with one attached hydrogen (secondary N) is 3. The highest BCUT2D eigenvalue weighted by atomic mass is 16.2. The first kappa shape index (κ1) is 25.6. The number of rotatable bonds is 10. The summed E-state index contributed by atoms with van der Waals surface area (Å²) in [6.07, 6.45) is 1.98. The summed E-state index contributed by atoms with van der Waals surface area (Å²) in [6.45, 7) is 7.57. The number of benzene rings is 2. The highest BCUT2D eigenvalue weighted by Crippen LogP contribution is 2.16. The Bertz CT molecular complexity index is 1150. The number of amides is 3. The predicted molar refractivity (Wildman–Crippen MR) is 134 cm³/mol. The Kier molecular flexibility index (Phi) is 9.06. The van der Waals surface area contributed by atoms with Crippen LogP contribution in [0.15, 0.2) is 67.0 Å². The molecule has 8 heteroatoms. The van der Waals surface area contributed by atoms with E-state index in [1.807, 2.05) is 63.2 Å². The molecule has 181 valence electrons. The molecule has 1 atom stereocenters. The molecule has 0 unspecified atom stereocenters. The lowest BCUT2D eigenvalue weighted by Crippen LogP contribution is -2.52. The minimum absolute atomic E-state index is 0.0869. The van der Waals surface area contributed by atoms with Crippen LogP contribution in [0.4, 0.5) is 0 Å². The Morgan fingerprint density at radius 1 is 0.943 bits per heavy atom. The summed E-state index contributed by atoms with van der Waals surface area (Å²) in [5.74, 6) is -0.947. The van der Waals surface area contributed by atoms with Gasteiger partial charge in [0.15, 0.2) is 0 Å². The molecule has 3 amide bonds. The zero-order valence-electron chi connectivity index (χ0n) is 20.1. The molecule has 3 aromatic rings. The molecule has 0 aliphatic heterocycles. The lowest BCUT2D eigenvalue weighted by Gasteiger charge is -2.19. The van der Waals surface area contributed by atoms with Gasteiger partial charge in [-0.3, -0.25) is 14.4 Å². The van der Waals surface area contributed by atoms with Gasteiger partial charge in [-0.2, -0.15) is 0 Å². The first-order valence-electron chi connectivity index (χ1n) is 11.5. The smallest absolute Gasteiger partial charge is 0.270 e. The molecule has 0 bridgehead atoms. The third-order valence-electron chi connectivity index (χ3n) is 5.21. The van der Waals surface area contributed by atoms with Gasteiger partial charge < -0.3 is 16.0 Å². The molecule has 0 fully saturated rings. The van der Waals surface area contributed by atoms with E-state index in [9.17, 15) is 14.4 Å². The van der Waals surface area contributed by atoms with E-state index in [4.69, 9.17) is 0 Å². The van der Waals surface area contributed by atoms with Crippen molar-refractivity contribution < 1.29 is 14.4 Å². The number of aryl methyl sites for hydroxylation is 1. The monoisotopic (exact) mass is 472 g/mol. The second-order valence-corrected chi connectivity index (χ2v) is 8.60. The van der Waals surface area contributed by atoms with Crippen LogP contribution in [0.1, 0.15) is 46.7 Å². The van der Waals surface area contributed by atoms with Crippen molar-refractivity contribution >= 4 is 17.7 Å². The molecule has 8 nitrogen and oxygen atoms in total. The lowest BCUT2D eigenvalue weighted by atomic mass is 10.1. The number of aromatic nitrogens is 2. The van der Waals surface area contributed by atoms with Gasteiger partial charge in [0.25, 0.3) is 11.8 Å². The number of hydrogen-bond acceptors (Lipinski definition) is 5. The Balaban J connectivity index is 1.71. The standard InChI is InChI=1S/C27H30N5O3/c1-18(2)13-14-28-26(34)24(16-29-25(33)21-11-9-19(3)10-12-21)32-27(35)23-15-22(30-17-31-23)20-7-5-4-6-8-20/h4-12,14-15,17-18,24H,13,16H2,1-3H3,(H,28,34)(H,29,33)(H,32,35)/t24-/m0/s1. The van der Waals surface area contributed by atoms with Crippen LogP contribution in [0.2, 0.25) is 0 Å². The molecule has 0 aliphatic rings. The van der Waals surface area contributed by atoms with Crippen molar-refractivity contribution in [3.8, 4) is 11.3 Å². The maximum atomic E-state index is 13.0. The van der Waals surface area contributed by atoms with Crippen molar-refractivity contribution in [2.75, 3.05) is 6.54 Å². The molecule has 0 saturated heterocycles. The number of hydrogen-bond donors (Lipinski definition) is 3. The van der Waals surface area contributed by atoms with Crippen molar-refractivity contribution in [3.05, 3.63) is 90.4 Å². The molecule has 0 aliphatic carbocycles. The van der Waals surface area contributed by atoms with Crippen molar-refractivity contribution in [1.82, 2.24) is 25.9 Å². The molecule has 3 N–H and O–H groups in total. The highest BCUT2D eigenvalue weighted by molar-refractivity contribution is 5.98. The van der Waals surface area contributed by atoms with E-state index in [0.29, 0.717) is 23.6 Å². The predicted octanol–water partition coefficient (Wildman–Crippen LogP) is 3.30. The van der Waals surface area contributed by atoms with Crippen LogP contribution in [0.3, 0.4) is 0 Å². The van der Waals surface area contributed by atoms with Crippen LogP contribution in [0.5, 0.6) is 0 Å². The van der Waals surface area contributed by atoms with Gasteiger partial charge >= 0.3 is 0 Å². The second-order valence-electron chi connectivity index (χ2n) is 8.60. The van der Waals surface area contributed by atoms with Crippen LogP contribution in [0.25, 0.3) is 11.3 Å². The quantitative estimate of drug-likeness (QED) is 0.419. The van der Waals surface area contributed by atoms with Gasteiger partial charge in [-0.1, -0.05) is 61.9 Å². The Morgan fingerprint density at radius 3 is 2.34 bits per heavy atom. The molecule has 1 heterocycles. The average Bonchev–Trinajstić information content (AvgIpc) is 2.87. The van der Waals surface area contributed by atoms with E-state index < -0.39 is 17.9 Å². The van der Waals surface area contributed by atoms with Gasteiger partial charge in [-0.25, -0.2) is 9.97 Å². The minimum Gasteiger partial charge on any atom is -0.349 e. The van der Waals surface area contributed by atoms with Crippen molar-refractivity contribution in [3.63, 3.8) is 0 Å². The van der Waals surface area contributed by atoms with E-state index in [-0.39, 0.29) is 18.1 Å². The lowest BCUT2D eigenvalue weighted by molar-refractivity contribution is -0.122. The third kappa shape index (κ3) is 7.74. The van der Waals surface area contributed by atoms with Crippen LogP contribution < -0.4 is 16.0 Å². The molecule has 2 aromatic carbocycles. The van der Waals surface area contributed by atoms with E-state index in [1.165, 1.54) is 6.33 Å². The molecule has 35 heavy (non-hydrogen) atoms. The van der Waals surface area contributed by atoms with Crippen LogP contribution in [0, 0.1) is 19.4 Å². The van der Waals surface area contributed by atoms with Crippen molar-refractivity contribution in [2.24, 2.45) is 5.92 Å². The molecule has 1 aromatic heterocycles. The van der Waals surface area contributed by atoms with E-state index in [0.717, 1.165) is 11.1 Å². The maximum Gasteiger partial charge on any atom is 0.270 e. The van der Waals surface area contributed by atoms with Crippen LogP contribution in [-0.4, -0.2) is 40.3 Å². The van der Waals surface area contributed by atoms with Gasteiger partial charge in [-0.15, -0.1) is 0 Å². The topological polar surface area (TPSA) is 113 Å². The third-order valence-corrected chi connectivity index (χ3v) is 5.21. The highest BCUT2D eigenvalue weighted by Gasteiger charge is 2.23. The second kappa shape index (κ2) is 12.4. The molecular formula is C27H30N5O3. The molecule has 0 saturated carbocycles. The Labute approximate surface area is 205 Å². The summed E-state index contributed by atoms with van der Waals surface area (Å²) >= 11 is 0. The van der Waals surface area contributed by atoms with Gasteiger partial charge in [0.1, 0.15) is 18.1 Å². The summed E-state index contributed by atoms with van der Waals surface area (Å²) in [6, 6.07) is 17.1. The Hall–Kier alpha value is -4.07. The first-order chi connectivity index (χ1) is 16.8. The summed E-state index contributed by atoms with van der Waals surface area (Å²) < 4.78 is 0. The van der Waals surface area contributed by atoms with Gasteiger partial charge in [0, 0.05) is 24.2 Å². The molecular weight excluding hydrogens is 442 g/mol. The maximum absolute atomic E-state index is 13.0. The first-order valence-corrected chi connectivity index (χ1v) is 11.5. The van der Waals surface area contributed by atoms with E-state index in [1.54, 1.807) is 24.7 Å². The largest absolute Gasteiger partial charge is 0.349 e. The van der Waals surface area contributed by atoms with E-state index >= 15 is 0 Å². The zero-order valence-corrected chi connectivity index (χ0v) is 20.1. The SMILES string of the molecule is Cc1ccc(C(=O)NC[C@H](NC(=O)c2cc(-c3ccccc3)ncn2)C(=O)N[CH]CC(C)C)cc1. The zero-order chi connectivity index (χ0) is 25.2.